The van der Waals surface area contributed by atoms with Gasteiger partial charge in [-0.3, -0.25) is 4.79 Å². The molecule has 4 nitrogen and oxygen atoms in total. The van der Waals surface area contributed by atoms with Crippen LogP contribution >= 0.6 is 23.2 Å². The van der Waals surface area contributed by atoms with Gasteiger partial charge >= 0.3 is 5.97 Å². The fourth-order valence-electron chi connectivity index (χ4n) is 3.67. The van der Waals surface area contributed by atoms with E-state index in [1.165, 1.54) is 25.3 Å². The van der Waals surface area contributed by atoms with Crippen LogP contribution in [0.4, 0.5) is 10.1 Å². The summed E-state index contributed by atoms with van der Waals surface area (Å²) in [5.74, 6) is -1.11. The first-order valence-electron chi connectivity index (χ1n) is 8.94. The number of carbonyl (C=O) groups excluding carboxylic acids is 2. The van der Waals surface area contributed by atoms with E-state index in [-0.39, 0.29) is 39.2 Å². The number of esters is 1. The molecule has 0 aliphatic carbocycles. The van der Waals surface area contributed by atoms with Crippen molar-refractivity contribution in [3.05, 3.63) is 63.4 Å². The van der Waals surface area contributed by atoms with Crippen molar-refractivity contribution in [2.75, 3.05) is 18.6 Å². The Bertz CT molecular complexity index is 895. The number of piperidine rings is 1. The van der Waals surface area contributed by atoms with Crippen molar-refractivity contribution < 1.29 is 18.7 Å². The van der Waals surface area contributed by atoms with Crippen LogP contribution < -0.4 is 4.90 Å². The predicted octanol–water partition coefficient (Wildman–Crippen LogP) is 5.15. The Morgan fingerprint density at radius 1 is 1.25 bits per heavy atom. The lowest BCUT2D eigenvalue weighted by Crippen LogP contribution is -2.45. The van der Waals surface area contributed by atoms with Crippen molar-refractivity contribution in [2.24, 2.45) is 11.8 Å². The summed E-state index contributed by atoms with van der Waals surface area (Å²) in [5.41, 5.74) is 1.19. The first kappa shape index (κ1) is 20.6. The van der Waals surface area contributed by atoms with Gasteiger partial charge in [0.05, 0.1) is 28.4 Å². The van der Waals surface area contributed by atoms with Crippen LogP contribution in [0.3, 0.4) is 0 Å². The number of anilines is 1. The predicted molar refractivity (Wildman–Crippen MR) is 108 cm³/mol. The van der Waals surface area contributed by atoms with Crippen molar-refractivity contribution in [3.8, 4) is 0 Å². The Balaban J connectivity index is 1.91. The SMILES string of the molecule is COC(=O)c1cc(Cl)c(N2C[C@@H](Cc3ccccc3F)C[C@@H](C)C2=O)c(Cl)c1. The van der Waals surface area contributed by atoms with E-state index < -0.39 is 5.97 Å². The molecule has 7 heteroatoms. The minimum absolute atomic E-state index is 0.0528. The quantitative estimate of drug-likeness (QED) is 0.638. The lowest BCUT2D eigenvalue weighted by atomic mass is 9.85. The van der Waals surface area contributed by atoms with Crippen molar-refractivity contribution in [2.45, 2.75) is 19.8 Å². The van der Waals surface area contributed by atoms with Gasteiger partial charge in [-0.15, -0.1) is 0 Å². The highest BCUT2D eigenvalue weighted by Crippen LogP contribution is 2.39. The molecule has 2 atom stereocenters. The topological polar surface area (TPSA) is 46.6 Å². The number of ether oxygens (including phenoxy) is 1. The Labute approximate surface area is 173 Å². The molecule has 0 radical (unpaired) electrons. The second-order valence-corrected chi connectivity index (χ2v) is 7.84. The van der Waals surface area contributed by atoms with Crippen LogP contribution in [0.5, 0.6) is 0 Å². The summed E-state index contributed by atoms with van der Waals surface area (Å²) in [7, 11) is 1.27. The normalized spacial score (nSPS) is 19.6. The first-order chi connectivity index (χ1) is 13.3. The van der Waals surface area contributed by atoms with Crippen LogP contribution in [-0.4, -0.2) is 25.5 Å². The smallest absolute Gasteiger partial charge is 0.337 e. The fourth-order valence-corrected chi connectivity index (χ4v) is 4.36. The van der Waals surface area contributed by atoms with Gasteiger partial charge in [0.1, 0.15) is 5.82 Å². The third kappa shape index (κ3) is 4.15. The average molecular weight is 424 g/mol. The number of methoxy groups -OCH3 is 1. The Kier molecular flexibility index (Phi) is 6.26. The van der Waals surface area contributed by atoms with E-state index in [0.717, 1.165) is 0 Å². The highest BCUT2D eigenvalue weighted by atomic mass is 35.5. The van der Waals surface area contributed by atoms with Gasteiger partial charge in [-0.05, 0) is 42.5 Å². The number of nitrogens with zero attached hydrogens (tertiary/aromatic N) is 1. The van der Waals surface area contributed by atoms with E-state index in [1.807, 2.05) is 6.92 Å². The van der Waals surface area contributed by atoms with Gasteiger partial charge in [0.15, 0.2) is 0 Å². The summed E-state index contributed by atoms with van der Waals surface area (Å²) in [6, 6.07) is 9.52. The first-order valence-corrected chi connectivity index (χ1v) is 9.69. The van der Waals surface area contributed by atoms with E-state index in [2.05, 4.69) is 0 Å². The molecule has 0 bridgehead atoms. The average Bonchev–Trinajstić information content (AvgIpc) is 2.66. The molecular formula is C21H20Cl2FNO3. The summed E-state index contributed by atoms with van der Waals surface area (Å²) in [5, 5.41) is 0.389. The highest BCUT2D eigenvalue weighted by molar-refractivity contribution is 6.40. The van der Waals surface area contributed by atoms with Gasteiger partial charge in [0.2, 0.25) is 5.91 Å². The molecule has 1 aliphatic rings. The minimum atomic E-state index is -0.564. The molecule has 0 spiro atoms. The van der Waals surface area contributed by atoms with Crippen LogP contribution in [0.1, 0.15) is 29.3 Å². The number of amides is 1. The molecule has 28 heavy (non-hydrogen) atoms. The van der Waals surface area contributed by atoms with Crippen LogP contribution in [0.2, 0.25) is 10.0 Å². The molecule has 0 unspecified atom stereocenters. The van der Waals surface area contributed by atoms with Crippen molar-refractivity contribution in [1.82, 2.24) is 0 Å². The zero-order valence-corrected chi connectivity index (χ0v) is 17.1. The molecule has 2 aromatic carbocycles. The maximum atomic E-state index is 14.1. The van der Waals surface area contributed by atoms with Gasteiger partial charge in [-0.2, -0.15) is 0 Å². The Morgan fingerprint density at radius 2 is 1.89 bits per heavy atom. The molecular weight excluding hydrogens is 404 g/mol. The van der Waals surface area contributed by atoms with E-state index in [4.69, 9.17) is 27.9 Å². The van der Waals surface area contributed by atoms with Gasteiger partial charge in [-0.25, -0.2) is 9.18 Å². The Morgan fingerprint density at radius 3 is 2.50 bits per heavy atom. The van der Waals surface area contributed by atoms with E-state index in [1.54, 1.807) is 23.1 Å². The zero-order chi connectivity index (χ0) is 20.4. The number of hydrogen-bond acceptors (Lipinski definition) is 3. The van der Waals surface area contributed by atoms with Crippen LogP contribution in [-0.2, 0) is 16.0 Å². The molecule has 2 aromatic rings. The molecule has 1 fully saturated rings. The Hall–Kier alpha value is -2.11. The molecule has 0 aromatic heterocycles. The molecule has 0 saturated carbocycles. The zero-order valence-electron chi connectivity index (χ0n) is 15.5. The molecule has 1 aliphatic heterocycles. The summed E-state index contributed by atoms with van der Waals surface area (Å²) in [4.78, 5) is 26.1. The highest BCUT2D eigenvalue weighted by Gasteiger charge is 2.35. The summed E-state index contributed by atoms with van der Waals surface area (Å²) < 4.78 is 18.7. The minimum Gasteiger partial charge on any atom is -0.465 e. The maximum Gasteiger partial charge on any atom is 0.337 e. The van der Waals surface area contributed by atoms with E-state index in [0.29, 0.717) is 30.6 Å². The summed E-state index contributed by atoms with van der Waals surface area (Å²) in [6.07, 6.45) is 1.16. The third-order valence-corrected chi connectivity index (χ3v) is 5.57. The van der Waals surface area contributed by atoms with Gasteiger partial charge in [0.25, 0.3) is 0 Å². The molecule has 1 saturated heterocycles. The third-order valence-electron chi connectivity index (χ3n) is 4.99. The summed E-state index contributed by atoms with van der Waals surface area (Å²) in [6.45, 7) is 2.21. The monoisotopic (exact) mass is 423 g/mol. The van der Waals surface area contributed by atoms with Crippen molar-refractivity contribution in [3.63, 3.8) is 0 Å². The van der Waals surface area contributed by atoms with E-state index in [9.17, 15) is 14.0 Å². The number of benzene rings is 2. The van der Waals surface area contributed by atoms with E-state index >= 15 is 0 Å². The standard InChI is InChI=1S/C21H20Cl2FNO3/c1-12-7-13(8-14-5-3-4-6-18(14)24)11-25(20(12)26)19-16(22)9-15(10-17(19)23)21(27)28-2/h3-6,9-10,12-13H,7-8,11H2,1-2H3/t12-,13-/m1/s1. The van der Waals surface area contributed by atoms with Gasteiger partial charge in [-0.1, -0.05) is 48.3 Å². The van der Waals surface area contributed by atoms with Crippen LogP contribution in [0.25, 0.3) is 0 Å². The molecule has 0 N–H and O–H groups in total. The summed E-state index contributed by atoms with van der Waals surface area (Å²) >= 11 is 12.7. The molecule has 3 rings (SSSR count). The molecule has 1 amide bonds. The number of halogens is 3. The number of carbonyl (C=O) groups is 2. The maximum absolute atomic E-state index is 14.1. The van der Waals surface area contributed by atoms with Gasteiger partial charge < -0.3 is 9.64 Å². The molecule has 1 heterocycles. The lowest BCUT2D eigenvalue weighted by molar-refractivity contribution is -0.124. The largest absolute Gasteiger partial charge is 0.465 e. The second kappa shape index (κ2) is 8.50. The lowest BCUT2D eigenvalue weighted by Gasteiger charge is -2.37. The van der Waals surface area contributed by atoms with Crippen LogP contribution in [0, 0.1) is 17.7 Å². The van der Waals surface area contributed by atoms with Crippen molar-refractivity contribution >= 4 is 40.8 Å². The van der Waals surface area contributed by atoms with Gasteiger partial charge in [0, 0.05) is 12.5 Å². The number of hydrogen-bond donors (Lipinski definition) is 0. The number of rotatable bonds is 4. The fraction of sp³-hybridized carbons (Fsp3) is 0.333. The second-order valence-electron chi connectivity index (χ2n) is 7.03. The van der Waals surface area contributed by atoms with Crippen molar-refractivity contribution in [1.29, 1.82) is 0 Å². The molecule has 148 valence electrons. The van der Waals surface area contributed by atoms with Crippen LogP contribution in [0.15, 0.2) is 36.4 Å².